The predicted octanol–water partition coefficient (Wildman–Crippen LogP) is 3.57. The van der Waals surface area contributed by atoms with E-state index < -0.39 is 0 Å². The largest absolute Gasteiger partial charge is 0.308 e. The Labute approximate surface area is 152 Å². The number of rotatable bonds is 3. The molecule has 23 heavy (non-hydrogen) atoms. The molecule has 1 fully saturated rings. The topological polar surface area (TPSA) is 40.6 Å². The molecular formula is C16H13BrN2O2S2. The van der Waals surface area contributed by atoms with E-state index in [4.69, 9.17) is 12.2 Å². The summed E-state index contributed by atoms with van der Waals surface area (Å²) < 4.78 is 1.32. The van der Waals surface area contributed by atoms with Gasteiger partial charge in [-0.2, -0.15) is 0 Å². The molecule has 2 aliphatic rings. The molecule has 2 amide bonds. The number of likely N-dealkylation sites (N-methyl/N-ethyl adjacent to an activating group) is 1. The van der Waals surface area contributed by atoms with Crippen LogP contribution in [0.5, 0.6) is 0 Å². The number of anilines is 1. The zero-order chi connectivity index (χ0) is 16.7. The van der Waals surface area contributed by atoms with Gasteiger partial charge < -0.3 is 4.90 Å². The second-order valence-corrected chi connectivity index (χ2v) is 7.55. The fraction of sp³-hybridized carbons (Fsp3) is 0.188. The van der Waals surface area contributed by atoms with Crippen LogP contribution in [-0.4, -0.2) is 34.1 Å². The number of carbonyl (C=O) groups is 2. The number of thiocarbonyl (C=S) groups is 1. The first-order chi connectivity index (χ1) is 11.0. The lowest BCUT2D eigenvalue weighted by Crippen LogP contribution is -2.29. The summed E-state index contributed by atoms with van der Waals surface area (Å²) in [6.45, 7) is 6.45. The van der Waals surface area contributed by atoms with Crippen molar-refractivity contribution in [2.45, 2.75) is 6.92 Å². The molecule has 0 bridgehead atoms. The summed E-state index contributed by atoms with van der Waals surface area (Å²) >= 11 is 9.88. The van der Waals surface area contributed by atoms with Gasteiger partial charge in [0, 0.05) is 23.1 Å². The normalized spacial score (nSPS) is 20.5. The van der Waals surface area contributed by atoms with E-state index in [2.05, 4.69) is 22.5 Å². The fourth-order valence-corrected chi connectivity index (χ4v) is 4.38. The van der Waals surface area contributed by atoms with E-state index in [1.807, 2.05) is 25.1 Å². The number of thioether (sulfide) groups is 1. The monoisotopic (exact) mass is 408 g/mol. The maximum Gasteiger partial charge on any atom is 0.267 e. The second kappa shape index (κ2) is 6.22. The molecule has 2 aliphatic heterocycles. The second-order valence-electron chi connectivity index (χ2n) is 4.99. The summed E-state index contributed by atoms with van der Waals surface area (Å²) in [5.74, 6) is -0.383. The maximum absolute atomic E-state index is 12.8. The minimum Gasteiger partial charge on any atom is -0.308 e. The lowest BCUT2D eigenvalue weighted by Gasteiger charge is -2.13. The molecule has 1 aromatic rings. The van der Waals surface area contributed by atoms with Crippen molar-refractivity contribution in [1.82, 2.24) is 4.90 Å². The van der Waals surface area contributed by atoms with E-state index in [9.17, 15) is 9.59 Å². The van der Waals surface area contributed by atoms with E-state index in [0.717, 1.165) is 15.7 Å². The molecule has 1 aromatic carbocycles. The van der Waals surface area contributed by atoms with Crippen molar-refractivity contribution in [2.75, 3.05) is 18.0 Å². The van der Waals surface area contributed by atoms with Crippen LogP contribution in [0.25, 0.3) is 5.57 Å². The van der Waals surface area contributed by atoms with E-state index in [-0.39, 0.29) is 11.8 Å². The van der Waals surface area contributed by atoms with Crippen molar-refractivity contribution in [2.24, 2.45) is 0 Å². The van der Waals surface area contributed by atoms with Crippen LogP contribution in [0.1, 0.15) is 12.5 Å². The number of carbonyl (C=O) groups excluding carboxylic acids is 2. The molecule has 7 heteroatoms. The number of nitrogens with zero attached hydrogens (tertiary/aromatic N) is 2. The fourth-order valence-electron chi connectivity index (χ4n) is 2.67. The Bertz CT molecular complexity index is 788. The van der Waals surface area contributed by atoms with Crippen LogP contribution < -0.4 is 4.90 Å². The highest BCUT2D eigenvalue weighted by molar-refractivity contribution is 9.10. The van der Waals surface area contributed by atoms with Gasteiger partial charge in [-0.15, -0.1) is 6.58 Å². The van der Waals surface area contributed by atoms with Gasteiger partial charge in [0.05, 0.1) is 16.2 Å². The molecule has 0 atom stereocenters. The van der Waals surface area contributed by atoms with Gasteiger partial charge in [0.25, 0.3) is 11.8 Å². The SMILES string of the molecule is C=CCN1C(=O)C(=C2C(=O)N(CC)c3ccc(Br)cc32)SC1=S. The maximum atomic E-state index is 12.8. The molecular weight excluding hydrogens is 396 g/mol. The van der Waals surface area contributed by atoms with E-state index >= 15 is 0 Å². The smallest absolute Gasteiger partial charge is 0.267 e. The number of hydrogen-bond donors (Lipinski definition) is 0. The highest BCUT2D eigenvalue weighted by atomic mass is 79.9. The summed E-state index contributed by atoms with van der Waals surface area (Å²) in [5.41, 5.74) is 2.03. The Hall–Kier alpha value is -1.44. The van der Waals surface area contributed by atoms with E-state index in [0.29, 0.717) is 27.9 Å². The first-order valence-corrected chi connectivity index (χ1v) is 9.02. The minimum absolute atomic E-state index is 0.153. The van der Waals surface area contributed by atoms with Crippen molar-refractivity contribution in [3.05, 3.63) is 45.8 Å². The van der Waals surface area contributed by atoms with Crippen LogP contribution in [0.15, 0.2) is 40.2 Å². The van der Waals surface area contributed by atoms with Crippen LogP contribution in [0, 0.1) is 0 Å². The summed E-state index contributed by atoms with van der Waals surface area (Å²) in [4.78, 5) is 29.0. The van der Waals surface area contributed by atoms with Gasteiger partial charge in [0.2, 0.25) is 0 Å². The van der Waals surface area contributed by atoms with Crippen LogP contribution in [0.4, 0.5) is 5.69 Å². The molecule has 118 valence electrons. The third-order valence-electron chi connectivity index (χ3n) is 3.68. The number of amides is 2. The summed E-state index contributed by atoms with van der Waals surface area (Å²) in [7, 11) is 0. The molecule has 1 saturated heterocycles. The van der Waals surface area contributed by atoms with Crippen LogP contribution >= 0.6 is 39.9 Å². The van der Waals surface area contributed by atoms with Gasteiger partial charge in [0.1, 0.15) is 4.32 Å². The first-order valence-electron chi connectivity index (χ1n) is 7.00. The van der Waals surface area contributed by atoms with E-state index in [1.54, 1.807) is 11.0 Å². The first kappa shape index (κ1) is 16.4. The third kappa shape index (κ3) is 2.56. The van der Waals surface area contributed by atoms with Crippen molar-refractivity contribution < 1.29 is 9.59 Å². The van der Waals surface area contributed by atoms with Gasteiger partial charge in [-0.3, -0.25) is 14.5 Å². The molecule has 0 saturated carbocycles. The van der Waals surface area contributed by atoms with Crippen molar-refractivity contribution in [1.29, 1.82) is 0 Å². The summed E-state index contributed by atoms with van der Waals surface area (Å²) in [6, 6.07) is 5.65. The lowest BCUT2D eigenvalue weighted by atomic mass is 10.1. The number of hydrogen-bond acceptors (Lipinski definition) is 4. The average molecular weight is 409 g/mol. The average Bonchev–Trinajstić information content (AvgIpc) is 2.94. The Balaban J connectivity index is 2.19. The van der Waals surface area contributed by atoms with Gasteiger partial charge in [-0.05, 0) is 25.1 Å². The van der Waals surface area contributed by atoms with Gasteiger partial charge >= 0.3 is 0 Å². The Morgan fingerprint density at radius 1 is 1.30 bits per heavy atom. The van der Waals surface area contributed by atoms with Gasteiger partial charge in [-0.1, -0.05) is 46.0 Å². The van der Waals surface area contributed by atoms with Gasteiger partial charge in [-0.25, -0.2) is 0 Å². The minimum atomic E-state index is -0.230. The zero-order valence-electron chi connectivity index (χ0n) is 12.3. The molecule has 0 aliphatic carbocycles. The standard InChI is InChI=1S/C16H13BrN2O2S2/c1-3-7-19-15(21)13(23-16(19)22)12-10-8-9(17)5-6-11(10)18(4-2)14(12)20/h3,5-6,8H,1,4,7H2,2H3. The predicted molar refractivity (Wildman–Crippen MR) is 101 cm³/mol. The zero-order valence-corrected chi connectivity index (χ0v) is 15.6. The van der Waals surface area contributed by atoms with Crippen molar-refractivity contribution in [3.8, 4) is 0 Å². The molecule has 3 rings (SSSR count). The molecule has 2 heterocycles. The molecule has 0 spiro atoms. The summed E-state index contributed by atoms with van der Waals surface area (Å²) in [5, 5.41) is 0. The molecule has 0 aromatic heterocycles. The summed E-state index contributed by atoms with van der Waals surface area (Å²) in [6.07, 6.45) is 1.62. The lowest BCUT2D eigenvalue weighted by molar-refractivity contribution is -0.122. The van der Waals surface area contributed by atoms with Crippen molar-refractivity contribution in [3.63, 3.8) is 0 Å². The van der Waals surface area contributed by atoms with Crippen LogP contribution in [0.3, 0.4) is 0 Å². The van der Waals surface area contributed by atoms with Crippen LogP contribution in [0.2, 0.25) is 0 Å². The molecule has 0 N–H and O–H groups in total. The highest BCUT2D eigenvalue weighted by Gasteiger charge is 2.41. The molecule has 4 nitrogen and oxygen atoms in total. The number of halogens is 1. The third-order valence-corrected chi connectivity index (χ3v) is 5.62. The Morgan fingerprint density at radius 2 is 2.04 bits per heavy atom. The van der Waals surface area contributed by atoms with E-state index in [1.165, 1.54) is 16.7 Å². The highest BCUT2D eigenvalue weighted by Crippen LogP contribution is 2.45. The van der Waals surface area contributed by atoms with Crippen LogP contribution in [-0.2, 0) is 9.59 Å². The quantitative estimate of drug-likeness (QED) is 0.435. The number of benzene rings is 1. The van der Waals surface area contributed by atoms with Gasteiger partial charge in [0.15, 0.2) is 0 Å². The number of fused-ring (bicyclic) bond motifs is 1. The van der Waals surface area contributed by atoms with Crippen molar-refractivity contribution >= 4 is 67.3 Å². The molecule has 0 unspecified atom stereocenters. The molecule has 0 radical (unpaired) electrons. The Kier molecular flexibility index (Phi) is 4.44. The Morgan fingerprint density at radius 3 is 2.70 bits per heavy atom.